The Morgan fingerprint density at radius 3 is 2.58 bits per heavy atom. The van der Waals surface area contributed by atoms with Gasteiger partial charge in [-0.1, -0.05) is 35.9 Å². The van der Waals surface area contributed by atoms with Crippen LogP contribution in [-0.4, -0.2) is 28.2 Å². The number of para-hydroxylation sites is 1. The number of aromatic amines is 1. The van der Waals surface area contributed by atoms with E-state index in [4.69, 9.17) is 4.74 Å². The van der Waals surface area contributed by atoms with Crippen molar-refractivity contribution in [2.45, 2.75) is 20.0 Å². The van der Waals surface area contributed by atoms with Gasteiger partial charge in [0.25, 0.3) is 5.91 Å². The number of hydrogen-bond acceptors (Lipinski definition) is 4. The molecule has 3 aromatic rings. The van der Waals surface area contributed by atoms with Gasteiger partial charge in [0.15, 0.2) is 11.8 Å². The molecule has 0 radical (unpaired) electrons. The standard InChI is InChI=1S/C18H17N3O3/c1-11-7-9-13(10-8-11)19-17(22)12(2)24-18(23)16-14-5-3-4-6-15(14)20-21-16/h3-10,12H,1-2H3,(H,19,22)(H,20,21)/t12-/m0/s1. The Bertz CT molecular complexity index is 884. The van der Waals surface area contributed by atoms with Crippen LogP contribution in [0.2, 0.25) is 0 Å². The zero-order valence-electron chi connectivity index (χ0n) is 13.4. The van der Waals surface area contributed by atoms with Crippen molar-refractivity contribution >= 4 is 28.5 Å². The maximum absolute atomic E-state index is 12.2. The molecule has 1 aromatic heterocycles. The molecular formula is C18H17N3O3. The number of benzene rings is 2. The van der Waals surface area contributed by atoms with E-state index in [0.29, 0.717) is 11.1 Å². The number of aromatic nitrogens is 2. The molecule has 1 amide bonds. The highest BCUT2D eigenvalue weighted by molar-refractivity contribution is 6.03. The van der Waals surface area contributed by atoms with Crippen molar-refractivity contribution in [2.75, 3.05) is 5.32 Å². The number of aryl methyl sites for hydroxylation is 1. The third kappa shape index (κ3) is 3.27. The Morgan fingerprint density at radius 2 is 1.83 bits per heavy atom. The second kappa shape index (κ2) is 6.54. The number of amides is 1. The summed E-state index contributed by atoms with van der Waals surface area (Å²) in [6, 6.07) is 14.6. The summed E-state index contributed by atoms with van der Waals surface area (Å²) in [5.74, 6) is -1.04. The summed E-state index contributed by atoms with van der Waals surface area (Å²) in [5.41, 5.74) is 2.65. The molecule has 24 heavy (non-hydrogen) atoms. The first-order chi connectivity index (χ1) is 11.5. The molecule has 0 aliphatic heterocycles. The van der Waals surface area contributed by atoms with Crippen molar-refractivity contribution < 1.29 is 14.3 Å². The lowest BCUT2D eigenvalue weighted by Crippen LogP contribution is -2.30. The van der Waals surface area contributed by atoms with Crippen molar-refractivity contribution in [3.8, 4) is 0 Å². The van der Waals surface area contributed by atoms with E-state index in [1.165, 1.54) is 6.92 Å². The summed E-state index contributed by atoms with van der Waals surface area (Å²) in [5, 5.41) is 10.1. The van der Waals surface area contributed by atoms with Crippen LogP contribution < -0.4 is 5.32 Å². The van der Waals surface area contributed by atoms with Crippen LogP contribution in [0.1, 0.15) is 23.0 Å². The number of nitrogens with zero attached hydrogens (tertiary/aromatic N) is 1. The van der Waals surface area contributed by atoms with Gasteiger partial charge in [0.2, 0.25) is 0 Å². The first-order valence-corrected chi connectivity index (χ1v) is 7.56. The molecule has 1 atom stereocenters. The molecule has 0 unspecified atom stereocenters. The van der Waals surface area contributed by atoms with Crippen molar-refractivity contribution in [3.05, 3.63) is 59.8 Å². The average Bonchev–Trinajstić information content (AvgIpc) is 3.01. The van der Waals surface area contributed by atoms with Gasteiger partial charge in [0.1, 0.15) is 0 Å². The molecule has 2 aromatic carbocycles. The Kier molecular flexibility index (Phi) is 4.29. The van der Waals surface area contributed by atoms with Gasteiger partial charge in [-0.05, 0) is 32.0 Å². The van der Waals surface area contributed by atoms with Crippen LogP contribution >= 0.6 is 0 Å². The number of H-pyrrole nitrogens is 1. The summed E-state index contributed by atoms with van der Waals surface area (Å²) >= 11 is 0. The van der Waals surface area contributed by atoms with E-state index in [-0.39, 0.29) is 5.69 Å². The first-order valence-electron chi connectivity index (χ1n) is 7.56. The first kappa shape index (κ1) is 15.7. The van der Waals surface area contributed by atoms with Gasteiger partial charge in [-0.25, -0.2) is 4.79 Å². The third-order valence-electron chi connectivity index (χ3n) is 3.64. The van der Waals surface area contributed by atoms with Gasteiger partial charge in [-0.15, -0.1) is 0 Å². The number of anilines is 1. The molecule has 0 aliphatic carbocycles. The average molecular weight is 323 g/mol. The summed E-state index contributed by atoms with van der Waals surface area (Å²) in [6.45, 7) is 3.49. The highest BCUT2D eigenvalue weighted by atomic mass is 16.5. The van der Waals surface area contributed by atoms with Gasteiger partial charge in [0, 0.05) is 11.1 Å². The predicted molar refractivity (Wildman–Crippen MR) is 90.8 cm³/mol. The lowest BCUT2D eigenvalue weighted by molar-refractivity contribution is -0.123. The number of ether oxygens (including phenoxy) is 1. The Morgan fingerprint density at radius 1 is 1.12 bits per heavy atom. The number of fused-ring (bicyclic) bond motifs is 1. The van der Waals surface area contributed by atoms with E-state index in [1.54, 1.807) is 18.2 Å². The number of esters is 1. The summed E-state index contributed by atoms with van der Waals surface area (Å²) in [4.78, 5) is 24.4. The van der Waals surface area contributed by atoms with Crippen molar-refractivity contribution in [2.24, 2.45) is 0 Å². The zero-order valence-corrected chi connectivity index (χ0v) is 13.4. The fourth-order valence-electron chi connectivity index (χ4n) is 2.27. The van der Waals surface area contributed by atoms with E-state index in [9.17, 15) is 9.59 Å². The van der Waals surface area contributed by atoms with Crippen molar-refractivity contribution in [1.82, 2.24) is 10.2 Å². The highest BCUT2D eigenvalue weighted by Gasteiger charge is 2.22. The van der Waals surface area contributed by atoms with E-state index in [0.717, 1.165) is 11.1 Å². The normalized spacial score (nSPS) is 11.9. The lowest BCUT2D eigenvalue weighted by atomic mass is 10.2. The topological polar surface area (TPSA) is 84.1 Å². The number of nitrogens with one attached hydrogen (secondary N) is 2. The number of rotatable bonds is 4. The van der Waals surface area contributed by atoms with E-state index in [1.807, 2.05) is 37.3 Å². The highest BCUT2D eigenvalue weighted by Crippen LogP contribution is 2.17. The van der Waals surface area contributed by atoms with Crippen LogP contribution in [0.3, 0.4) is 0 Å². The van der Waals surface area contributed by atoms with E-state index < -0.39 is 18.0 Å². The Balaban J connectivity index is 1.67. The molecule has 0 aliphatic rings. The molecule has 122 valence electrons. The molecule has 0 bridgehead atoms. The zero-order chi connectivity index (χ0) is 17.1. The van der Waals surface area contributed by atoms with Crippen LogP contribution in [0.25, 0.3) is 10.9 Å². The Hall–Kier alpha value is -3.15. The van der Waals surface area contributed by atoms with Crippen molar-refractivity contribution in [3.63, 3.8) is 0 Å². The molecule has 1 heterocycles. The smallest absolute Gasteiger partial charge is 0.360 e. The fraction of sp³-hybridized carbons (Fsp3) is 0.167. The van der Waals surface area contributed by atoms with Gasteiger partial charge >= 0.3 is 5.97 Å². The molecule has 0 spiro atoms. The van der Waals surface area contributed by atoms with Crippen molar-refractivity contribution in [1.29, 1.82) is 0 Å². The fourth-order valence-corrected chi connectivity index (χ4v) is 2.27. The van der Waals surface area contributed by atoms with E-state index in [2.05, 4.69) is 15.5 Å². The largest absolute Gasteiger partial charge is 0.448 e. The maximum atomic E-state index is 12.2. The minimum Gasteiger partial charge on any atom is -0.448 e. The van der Waals surface area contributed by atoms with Crippen LogP contribution in [0.4, 0.5) is 5.69 Å². The van der Waals surface area contributed by atoms with Gasteiger partial charge < -0.3 is 10.1 Å². The van der Waals surface area contributed by atoms with Crippen LogP contribution in [-0.2, 0) is 9.53 Å². The minimum atomic E-state index is -0.936. The van der Waals surface area contributed by atoms with Gasteiger partial charge in [-0.3, -0.25) is 9.89 Å². The van der Waals surface area contributed by atoms with Crippen LogP contribution in [0.5, 0.6) is 0 Å². The SMILES string of the molecule is Cc1ccc(NC(=O)[C@H](C)OC(=O)c2n[nH]c3ccccc23)cc1. The van der Waals surface area contributed by atoms with Crippen LogP contribution in [0, 0.1) is 6.92 Å². The lowest BCUT2D eigenvalue weighted by Gasteiger charge is -2.13. The third-order valence-corrected chi connectivity index (χ3v) is 3.64. The van der Waals surface area contributed by atoms with Crippen LogP contribution in [0.15, 0.2) is 48.5 Å². The molecule has 3 rings (SSSR count). The van der Waals surface area contributed by atoms with Gasteiger partial charge in [-0.2, -0.15) is 5.10 Å². The number of carbonyl (C=O) groups is 2. The molecule has 6 heteroatoms. The number of carbonyl (C=O) groups excluding carboxylic acids is 2. The second-order valence-electron chi connectivity index (χ2n) is 5.52. The summed E-state index contributed by atoms with van der Waals surface area (Å²) in [6.07, 6.45) is -0.936. The van der Waals surface area contributed by atoms with E-state index >= 15 is 0 Å². The predicted octanol–water partition coefficient (Wildman–Crippen LogP) is 3.06. The van der Waals surface area contributed by atoms with Gasteiger partial charge in [0.05, 0.1) is 5.52 Å². The quantitative estimate of drug-likeness (QED) is 0.723. The molecule has 0 saturated carbocycles. The summed E-state index contributed by atoms with van der Waals surface area (Å²) in [7, 11) is 0. The maximum Gasteiger partial charge on any atom is 0.360 e. The molecule has 6 nitrogen and oxygen atoms in total. The molecule has 0 fully saturated rings. The minimum absolute atomic E-state index is 0.167. The Labute approximate surface area is 138 Å². The molecule has 2 N–H and O–H groups in total. The molecule has 0 saturated heterocycles. The summed E-state index contributed by atoms with van der Waals surface area (Å²) < 4.78 is 5.23. The monoisotopic (exact) mass is 323 g/mol. The molecular weight excluding hydrogens is 306 g/mol. The number of hydrogen-bond donors (Lipinski definition) is 2. The second-order valence-corrected chi connectivity index (χ2v) is 5.52.